The second kappa shape index (κ2) is 8.10. The van der Waals surface area contributed by atoms with Crippen LogP contribution in [-0.2, 0) is 0 Å². The Labute approximate surface area is 130 Å². The smallest absolute Gasteiger partial charge is 0.120 e. The third kappa shape index (κ3) is 5.30. The van der Waals surface area contributed by atoms with Gasteiger partial charge in [-0.1, -0.05) is 22.0 Å². The van der Waals surface area contributed by atoms with Crippen molar-refractivity contribution >= 4 is 28.3 Å². The topological polar surface area (TPSA) is 38.5 Å². The zero-order valence-corrected chi connectivity index (χ0v) is 13.6. The third-order valence-corrected chi connectivity index (χ3v) is 4.02. The summed E-state index contributed by atoms with van der Waals surface area (Å²) in [6.45, 7) is 6.08. The lowest BCUT2D eigenvalue weighted by Crippen LogP contribution is -2.31. The number of hydrogen-bond acceptors (Lipinski definition) is 3. The number of nitrogens with zero attached hydrogens (tertiary/aromatic N) is 1. The van der Waals surface area contributed by atoms with Gasteiger partial charge in [0.2, 0.25) is 0 Å². The molecule has 0 spiro atoms. The molecule has 19 heavy (non-hydrogen) atoms. The highest BCUT2D eigenvalue weighted by atomic mass is 79.9. The van der Waals surface area contributed by atoms with Gasteiger partial charge in [0.1, 0.15) is 12.4 Å². The Kier molecular flexibility index (Phi) is 7.15. The lowest BCUT2D eigenvalue weighted by molar-refractivity contribution is 0.230. The van der Waals surface area contributed by atoms with E-state index in [2.05, 4.69) is 27.8 Å². The molecule has 1 aromatic carbocycles. The summed E-state index contributed by atoms with van der Waals surface area (Å²) < 4.78 is 6.80. The van der Waals surface area contributed by atoms with Crippen molar-refractivity contribution in [2.75, 3.05) is 26.2 Å². The Morgan fingerprint density at radius 1 is 1.53 bits per heavy atom. The van der Waals surface area contributed by atoms with Crippen molar-refractivity contribution in [3.05, 3.63) is 28.7 Å². The zero-order valence-electron chi connectivity index (χ0n) is 11.2. The van der Waals surface area contributed by atoms with Crippen LogP contribution in [0.1, 0.15) is 13.3 Å². The maximum absolute atomic E-state index is 5.93. The maximum Gasteiger partial charge on any atom is 0.120 e. The molecule has 1 aliphatic heterocycles. The molecule has 2 rings (SSSR count). The SMILES string of the molecule is CC(N)C1CCN(CCOc2cccc(Br)c2)C1.Cl. The van der Waals surface area contributed by atoms with E-state index in [1.807, 2.05) is 24.3 Å². The van der Waals surface area contributed by atoms with Gasteiger partial charge in [-0.05, 0) is 44.0 Å². The summed E-state index contributed by atoms with van der Waals surface area (Å²) in [5.41, 5.74) is 5.93. The molecular formula is C14H22BrClN2O. The molecule has 3 nitrogen and oxygen atoms in total. The van der Waals surface area contributed by atoms with Gasteiger partial charge >= 0.3 is 0 Å². The van der Waals surface area contributed by atoms with Crippen molar-refractivity contribution in [1.29, 1.82) is 0 Å². The standard InChI is InChI=1S/C14H21BrN2O.ClH/c1-11(16)12-5-6-17(10-12)7-8-18-14-4-2-3-13(15)9-14;/h2-4,9,11-12H,5-8,10,16H2,1H3;1H. The molecular weight excluding hydrogens is 328 g/mol. The van der Waals surface area contributed by atoms with Crippen LogP contribution in [0.25, 0.3) is 0 Å². The van der Waals surface area contributed by atoms with E-state index >= 15 is 0 Å². The highest BCUT2D eigenvalue weighted by Crippen LogP contribution is 2.19. The van der Waals surface area contributed by atoms with Crippen LogP contribution in [0.3, 0.4) is 0 Å². The number of nitrogens with two attached hydrogens (primary N) is 1. The molecule has 2 N–H and O–H groups in total. The van der Waals surface area contributed by atoms with Crippen LogP contribution in [0.4, 0.5) is 0 Å². The highest BCUT2D eigenvalue weighted by Gasteiger charge is 2.24. The molecule has 108 valence electrons. The molecule has 0 bridgehead atoms. The van der Waals surface area contributed by atoms with E-state index in [1.54, 1.807) is 0 Å². The molecule has 0 aliphatic carbocycles. The molecule has 1 aromatic rings. The summed E-state index contributed by atoms with van der Waals surface area (Å²) in [4.78, 5) is 2.44. The van der Waals surface area contributed by atoms with Crippen LogP contribution in [0.5, 0.6) is 5.75 Å². The van der Waals surface area contributed by atoms with Crippen molar-refractivity contribution in [1.82, 2.24) is 4.90 Å². The van der Waals surface area contributed by atoms with Crippen LogP contribution in [0.2, 0.25) is 0 Å². The lowest BCUT2D eigenvalue weighted by Gasteiger charge is -2.18. The van der Waals surface area contributed by atoms with Crippen molar-refractivity contribution in [3.63, 3.8) is 0 Å². The van der Waals surface area contributed by atoms with Crippen LogP contribution >= 0.6 is 28.3 Å². The monoisotopic (exact) mass is 348 g/mol. The van der Waals surface area contributed by atoms with Gasteiger partial charge in [-0.2, -0.15) is 0 Å². The van der Waals surface area contributed by atoms with Gasteiger partial charge in [0, 0.05) is 23.6 Å². The van der Waals surface area contributed by atoms with Crippen LogP contribution in [0.15, 0.2) is 28.7 Å². The molecule has 1 fully saturated rings. The van der Waals surface area contributed by atoms with Crippen molar-refractivity contribution in [2.45, 2.75) is 19.4 Å². The first kappa shape index (κ1) is 16.8. The number of benzene rings is 1. The van der Waals surface area contributed by atoms with Crippen LogP contribution in [-0.4, -0.2) is 37.2 Å². The predicted molar refractivity (Wildman–Crippen MR) is 85.1 cm³/mol. The summed E-state index contributed by atoms with van der Waals surface area (Å²) >= 11 is 3.44. The van der Waals surface area contributed by atoms with Gasteiger partial charge < -0.3 is 10.5 Å². The van der Waals surface area contributed by atoms with Gasteiger partial charge in [-0.3, -0.25) is 4.90 Å². The molecule has 1 heterocycles. The number of rotatable bonds is 5. The molecule has 2 unspecified atom stereocenters. The Bertz CT molecular complexity index is 389. The van der Waals surface area contributed by atoms with Gasteiger partial charge in [0.15, 0.2) is 0 Å². The maximum atomic E-state index is 5.93. The molecule has 5 heteroatoms. The average molecular weight is 350 g/mol. The first-order valence-corrected chi connectivity index (χ1v) is 7.31. The zero-order chi connectivity index (χ0) is 13.0. The molecule has 1 saturated heterocycles. The molecule has 1 aliphatic rings. The Morgan fingerprint density at radius 2 is 2.32 bits per heavy atom. The first-order valence-electron chi connectivity index (χ1n) is 6.51. The minimum Gasteiger partial charge on any atom is -0.492 e. The van der Waals surface area contributed by atoms with Crippen molar-refractivity contribution in [3.8, 4) is 5.75 Å². The Morgan fingerprint density at radius 3 is 2.95 bits per heavy atom. The number of halogens is 2. The quantitative estimate of drug-likeness (QED) is 0.888. The average Bonchev–Trinajstić information content (AvgIpc) is 2.78. The van der Waals surface area contributed by atoms with Gasteiger partial charge in [0.25, 0.3) is 0 Å². The van der Waals surface area contributed by atoms with E-state index in [0.29, 0.717) is 12.0 Å². The van der Waals surface area contributed by atoms with Gasteiger partial charge in [-0.25, -0.2) is 0 Å². The molecule has 2 atom stereocenters. The first-order chi connectivity index (χ1) is 8.65. The molecule has 0 radical (unpaired) electrons. The minimum atomic E-state index is 0. The van der Waals surface area contributed by atoms with Crippen LogP contribution < -0.4 is 10.5 Å². The third-order valence-electron chi connectivity index (χ3n) is 3.52. The predicted octanol–water partition coefficient (Wildman–Crippen LogP) is 2.92. The summed E-state index contributed by atoms with van der Waals surface area (Å²) in [5, 5.41) is 0. The highest BCUT2D eigenvalue weighted by molar-refractivity contribution is 9.10. The van der Waals surface area contributed by atoms with Gasteiger partial charge in [0.05, 0.1) is 0 Å². The fraction of sp³-hybridized carbons (Fsp3) is 0.571. The number of likely N-dealkylation sites (tertiary alicyclic amines) is 1. The largest absolute Gasteiger partial charge is 0.492 e. The fourth-order valence-electron chi connectivity index (χ4n) is 2.34. The van der Waals surface area contributed by atoms with Crippen molar-refractivity contribution in [2.24, 2.45) is 11.7 Å². The normalized spacial score (nSPS) is 20.9. The van der Waals surface area contributed by atoms with E-state index in [1.165, 1.54) is 6.42 Å². The van der Waals surface area contributed by atoms with E-state index in [4.69, 9.17) is 10.5 Å². The van der Waals surface area contributed by atoms with Crippen molar-refractivity contribution < 1.29 is 4.74 Å². The van der Waals surface area contributed by atoms with E-state index in [9.17, 15) is 0 Å². The summed E-state index contributed by atoms with van der Waals surface area (Å²) in [6.07, 6.45) is 1.22. The van der Waals surface area contributed by atoms with E-state index in [-0.39, 0.29) is 12.4 Å². The fourth-order valence-corrected chi connectivity index (χ4v) is 2.72. The lowest BCUT2D eigenvalue weighted by atomic mass is 10.0. The summed E-state index contributed by atoms with van der Waals surface area (Å²) in [5.74, 6) is 1.57. The number of hydrogen-bond donors (Lipinski definition) is 1. The molecule has 0 aromatic heterocycles. The summed E-state index contributed by atoms with van der Waals surface area (Å²) in [6, 6.07) is 8.27. The number of ether oxygens (including phenoxy) is 1. The molecule has 0 amide bonds. The Hall–Kier alpha value is -0.290. The summed E-state index contributed by atoms with van der Waals surface area (Å²) in [7, 11) is 0. The van der Waals surface area contributed by atoms with Crippen LogP contribution in [0, 0.1) is 5.92 Å². The second-order valence-electron chi connectivity index (χ2n) is 5.01. The van der Waals surface area contributed by atoms with E-state index < -0.39 is 0 Å². The van der Waals surface area contributed by atoms with E-state index in [0.717, 1.165) is 36.5 Å². The molecule has 0 saturated carbocycles. The second-order valence-corrected chi connectivity index (χ2v) is 5.93. The van der Waals surface area contributed by atoms with Gasteiger partial charge in [-0.15, -0.1) is 12.4 Å². The Balaban J connectivity index is 0.00000180. The minimum absolute atomic E-state index is 0.